The van der Waals surface area contributed by atoms with E-state index < -0.39 is 0 Å². The monoisotopic (exact) mass is 357 g/mol. The number of nitrogens with zero attached hydrogens (tertiary/aromatic N) is 4. The molecule has 138 valence electrons. The Hall–Kier alpha value is -2.41. The van der Waals surface area contributed by atoms with E-state index in [2.05, 4.69) is 15.3 Å². The van der Waals surface area contributed by atoms with Crippen molar-refractivity contribution in [3.05, 3.63) is 53.6 Å². The molecule has 1 aromatic heterocycles. The number of amides is 2. The standard InChI is InChI=1S/C19H24FN5O/c20-16-5-3-4-15(10-16)12-23-13-17-6-7-22-25(17)18(14-23)11-21-19(26)24-8-1-2-9-24/h3-7,10,18H,1-2,8-9,11-14H2,(H,21,26)/t18-/m0/s1. The molecule has 2 aliphatic rings. The summed E-state index contributed by atoms with van der Waals surface area (Å²) >= 11 is 0. The maximum Gasteiger partial charge on any atom is 0.317 e. The molecule has 2 amide bonds. The molecule has 4 rings (SSSR count). The molecule has 0 saturated carbocycles. The van der Waals surface area contributed by atoms with Crippen LogP contribution in [0.25, 0.3) is 0 Å². The molecule has 6 nitrogen and oxygen atoms in total. The minimum atomic E-state index is -0.209. The maximum absolute atomic E-state index is 13.5. The second-order valence-electron chi connectivity index (χ2n) is 7.10. The summed E-state index contributed by atoms with van der Waals surface area (Å²) < 4.78 is 15.5. The van der Waals surface area contributed by atoms with Gasteiger partial charge in [-0.05, 0) is 36.6 Å². The van der Waals surface area contributed by atoms with Crippen LogP contribution in [0.2, 0.25) is 0 Å². The summed E-state index contributed by atoms with van der Waals surface area (Å²) in [4.78, 5) is 16.4. The highest BCUT2D eigenvalue weighted by Crippen LogP contribution is 2.22. The van der Waals surface area contributed by atoms with Gasteiger partial charge in [0, 0.05) is 45.5 Å². The number of hydrogen-bond donors (Lipinski definition) is 1. The molecule has 3 heterocycles. The fourth-order valence-corrected chi connectivity index (χ4v) is 3.87. The Morgan fingerprint density at radius 1 is 1.27 bits per heavy atom. The number of aromatic nitrogens is 2. The second-order valence-corrected chi connectivity index (χ2v) is 7.10. The van der Waals surface area contributed by atoms with Gasteiger partial charge in [0.1, 0.15) is 5.82 Å². The van der Waals surface area contributed by atoms with Crippen molar-refractivity contribution in [3.63, 3.8) is 0 Å². The zero-order valence-corrected chi connectivity index (χ0v) is 14.8. The van der Waals surface area contributed by atoms with Crippen molar-refractivity contribution in [3.8, 4) is 0 Å². The van der Waals surface area contributed by atoms with Gasteiger partial charge in [-0.15, -0.1) is 0 Å². The summed E-state index contributed by atoms with van der Waals surface area (Å²) in [6.07, 6.45) is 3.97. The van der Waals surface area contributed by atoms with Gasteiger partial charge in [0.25, 0.3) is 0 Å². The van der Waals surface area contributed by atoms with Crippen LogP contribution in [0.4, 0.5) is 9.18 Å². The highest BCUT2D eigenvalue weighted by atomic mass is 19.1. The molecule has 0 aliphatic carbocycles. The Morgan fingerprint density at radius 2 is 2.12 bits per heavy atom. The Bertz CT molecular complexity index is 771. The van der Waals surface area contributed by atoms with E-state index in [1.807, 2.05) is 21.7 Å². The third kappa shape index (κ3) is 3.72. The summed E-state index contributed by atoms with van der Waals surface area (Å²) in [6, 6.07) is 8.83. The first kappa shape index (κ1) is 17.0. The van der Waals surface area contributed by atoms with E-state index in [4.69, 9.17) is 0 Å². The van der Waals surface area contributed by atoms with Gasteiger partial charge < -0.3 is 10.2 Å². The molecule has 1 fully saturated rings. The van der Waals surface area contributed by atoms with Crippen molar-refractivity contribution >= 4 is 6.03 Å². The van der Waals surface area contributed by atoms with Gasteiger partial charge >= 0.3 is 6.03 Å². The molecule has 0 spiro atoms. The predicted molar refractivity (Wildman–Crippen MR) is 96.0 cm³/mol. The van der Waals surface area contributed by atoms with Gasteiger partial charge in [0.05, 0.1) is 11.7 Å². The zero-order valence-electron chi connectivity index (χ0n) is 14.8. The second kappa shape index (κ2) is 7.45. The number of hydrogen-bond acceptors (Lipinski definition) is 3. The Labute approximate surface area is 152 Å². The smallest absolute Gasteiger partial charge is 0.317 e. The van der Waals surface area contributed by atoms with E-state index in [0.717, 1.165) is 50.3 Å². The number of carbonyl (C=O) groups is 1. The quantitative estimate of drug-likeness (QED) is 0.914. The normalized spacial score (nSPS) is 20.2. The number of nitrogens with one attached hydrogen (secondary N) is 1. The minimum Gasteiger partial charge on any atom is -0.336 e. The van der Waals surface area contributed by atoms with Crippen molar-refractivity contribution in [2.24, 2.45) is 0 Å². The van der Waals surface area contributed by atoms with Gasteiger partial charge in [0.15, 0.2) is 0 Å². The zero-order chi connectivity index (χ0) is 17.9. The lowest BCUT2D eigenvalue weighted by molar-refractivity contribution is 0.161. The first-order valence-corrected chi connectivity index (χ1v) is 9.21. The van der Waals surface area contributed by atoms with Crippen LogP contribution in [0.15, 0.2) is 36.5 Å². The van der Waals surface area contributed by atoms with Crippen LogP contribution < -0.4 is 5.32 Å². The number of carbonyl (C=O) groups excluding carboxylic acids is 1. The van der Waals surface area contributed by atoms with E-state index in [1.165, 1.54) is 6.07 Å². The molecule has 0 unspecified atom stereocenters. The summed E-state index contributed by atoms with van der Waals surface area (Å²) in [5, 5.41) is 7.49. The van der Waals surface area contributed by atoms with Crippen LogP contribution in [0.3, 0.4) is 0 Å². The summed E-state index contributed by atoms with van der Waals surface area (Å²) in [5.41, 5.74) is 2.07. The van der Waals surface area contributed by atoms with Crippen molar-refractivity contribution in [2.75, 3.05) is 26.2 Å². The summed E-state index contributed by atoms with van der Waals surface area (Å²) in [5.74, 6) is -0.209. The average molecular weight is 357 g/mol. The topological polar surface area (TPSA) is 53.4 Å². The van der Waals surface area contributed by atoms with Crippen LogP contribution in [-0.2, 0) is 13.1 Å². The molecule has 26 heavy (non-hydrogen) atoms. The van der Waals surface area contributed by atoms with E-state index in [0.29, 0.717) is 13.1 Å². The van der Waals surface area contributed by atoms with Crippen LogP contribution in [0, 0.1) is 5.82 Å². The Kier molecular flexibility index (Phi) is 4.88. The van der Waals surface area contributed by atoms with Crippen LogP contribution in [0.5, 0.6) is 0 Å². The summed E-state index contributed by atoms with van der Waals surface area (Å²) in [7, 11) is 0. The first-order chi connectivity index (χ1) is 12.7. The fraction of sp³-hybridized carbons (Fsp3) is 0.474. The molecule has 1 saturated heterocycles. The summed E-state index contributed by atoms with van der Waals surface area (Å²) in [6.45, 7) is 4.45. The van der Waals surface area contributed by atoms with Crippen LogP contribution in [0.1, 0.15) is 30.1 Å². The Balaban J connectivity index is 1.41. The third-order valence-corrected chi connectivity index (χ3v) is 5.13. The lowest BCUT2D eigenvalue weighted by Gasteiger charge is -2.34. The molecule has 1 aromatic carbocycles. The predicted octanol–water partition coefficient (Wildman–Crippen LogP) is 2.38. The number of fused-ring (bicyclic) bond motifs is 1. The van der Waals surface area contributed by atoms with Crippen molar-refractivity contribution in [1.29, 1.82) is 0 Å². The van der Waals surface area contributed by atoms with Gasteiger partial charge in [-0.3, -0.25) is 9.58 Å². The lowest BCUT2D eigenvalue weighted by atomic mass is 10.1. The molecule has 1 atom stereocenters. The van der Waals surface area contributed by atoms with E-state index in [-0.39, 0.29) is 17.9 Å². The van der Waals surface area contributed by atoms with Gasteiger partial charge in [-0.25, -0.2) is 9.18 Å². The highest BCUT2D eigenvalue weighted by molar-refractivity contribution is 5.74. The number of rotatable bonds is 4. The molecule has 2 aromatic rings. The number of urea groups is 1. The number of halogens is 1. The van der Waals surface area contributed by atoms with Crippen molar-refractivity contribution in [1.82, 2.24) is 24.9 Å². The van der Waals surface area contributed by atoms with Crippen molar-refractivity contribution < 1.29 is 9.18 Å². The fourth-order valence-electron chi connectivity index (χ4n) is 3.87. The number of benzene rings is 1. The largest absolute Gasteiger partial charge is 0.336 e. The first-order valence-electron chi connectivity index (χ1n) is 9.21. The molecule has 0 bridgehead atoms. The Morgan fingerprint density at radius 3 is 2.92 bits per heavy atom. The minimum absolute atomic E-state index is 0.0125. The van der Waals surface area contributed by atoms with Crippen molar-refractivity contribution in [2.45, 2.75) is 32.0 Å². The van der Waals surface area contributed by atoms with Gasteiger partial charge in [-0.2, -0.15) is 5.10 Å². The van der Waals surface area contributed by atoms with Gasteiger partial charge in [-0.1, -0.05) is 12.1 Å². The van der Waals surface area contributed by atoms with E-state index in [1.54, 1.807) is 18.3 Å². The molecule has 1 N–H and O–H groups in total. The van der Waals surface area contributed by atoms with Crippen LogP contribution >= 0.6 is 0 Å². The maximum atomic E-state index is 13.5. The van der Waals surface area contributed by atoms with Crippen LogP contribution in [-0.4, -0.2) is 51.8 Å². The molecular weight excluding hydrogens is 333 g/mol. The molecule has 0 radical (unpaired) electrons. The van der Waals surface area contributed by atoms with E-state index in [9.17, 15) is 9.18 Å². The third-order valence-electron chi connectivity index (χ3n) is 5.13. The average Bonchev–Trinajstić information content (AvgIpc) is 3.31. The molecule has 2 aliphatic heterocycles. The lowest BCUT2D eigenvalue weighted by Crippen LogP contribution is -2.45. The SMILES string of the molecule is O=C(NC[C@H]1CN(Cc2cccc(F)c2)Cc2ccnn21)N1CCCC1. The van der Waals surface area contributed by atoms with E-state index >= 15 is 0 Å². The number of likely N-dealkylation sites (tertiary alicyclic amines) is 1. The molecule has 7 heteroatoms. The highest BCUT2D eigenvalue weighted by Gasteiger charge is 2.27. The molecular formula is C19H24FN5O. The van der Waals surface area contributed by atoms with Gasteiger partial charge in [0.2, 0.25) is 0 Å².